The van der Waals surface area contributed by atoms with Crippen molar-refractivity contribution in [2.24, 2.45) is 17.8 Å². The molecule has 3 N–H and O–H groups in total. The number of benzene rings is 3. The third kappa shape index (κ3) is 6.17. The van der Waals surface area contributed by atoms with Gasteiger partial charge in [-0.1, -0.05) is 41.9 Å². The number of rotatable bonds is 9. The summed E-state index contributed by atoms with van der Waals surface area (Å²) in [6.45, 7) is 4.24. The molecule has 8 nitrogen and oxygen atoms in total. The Morgan fingerprint density at radius 1 is 1.00 bits per heavy atom. The second-order valence-corrected chi connectivity index (χ2v) is 15.2. The van der Waals surface area contributed by atoms with Crippen molar-refractivity contribution in [2.45, 2.75) is 69.6 Å². The van der Waals surface area contributed by atoms with Gasteiger partial charge in [-0.2, -0.15) is 0 Å². The molecule has 1 amide bonds. The van der Waals surface area contributed by atoms with Gasteiger partial charge in [0.1, 0.15) is 5.69 Å². The third-order valence-corrected chi connectivity index (χ3v) is 10.9. The lowest BCUT2D eigenvalue weighted by molar-refractivity contribution is -0.0528. The Balaban J connectivity index is 1.14. The number of hydrogen-bond acceptors (Lipinski definition) is 6. The summed E-state index contributed by atoms with van der Waals surface area (Å²) in [7, 11) is 1.30. The van der Waals surface area contributed by atoms with Gasteiger partial charge >= 0.3 is 5.97 Å². The van der Waals surface area contributed by atoms with Gasteiger partial charge in [0.2, 0.25) is 0 Å². The van der Waals surface area contributed by atoms with E-state index in [1.54, 1.807) is 34.9 Å². The van der Waals surface area contributed by atoms with Crippen LogP contribution in [0.5, 0.6) is 0 Å². The molecule has 0 saturated heterocycles. The Bertz CT molecular complexity index is 1920. The fourth-order valence-electron chi connectivity index (χ4n) is 8.82. The predicted molar refractivity (Wildman–Crippen MR) is 187 cm³/mol. The molecule has 0 unspecified atom stereocenters. The Morgan fingerprint density at radius 2 is 1.69 bits per heavy atom. The smallest absolute Gasteiger partial charge is 0.355 e. The number of nitrogens with zero attached hydrogens (tertiary/aromatic N) is 1. The van der Waals surface area contributed by atoms with Crippen LogP contribution in [0.1, 0.15) is 77.9 Å². The maximum Gasteiger partial charge on any atom is 0.355 e. The summed E-state index contributed by atoms with van der Waals surface area (Å²) in [6, 6.07) is 21.8. The number of halogens is 1. The van der Waals surface area contributed by atoms with Crippen molar-refractivity contribution >= 4 is 34.4 Å². The molecule has 0 aliphatic heterocycles. The Morgan fingerprint density at radius 3 is 2.33 bits per heavy atom. The molecule has 4 fully saturated rings. The van der Waals surface area contributed by atoms with E-state index in [0.29, 0.717) is 57.0 Å². The lowest BCUT2D eigenvalue weighted by Gasteiger charge is -2.60. The van der Waals surface area contributed by atoms with Gasteiger partial charge in [0.25, 0.3) is 5.91 Å². The minimum absolute atomic E-state index is 0.0521. The highest BCUT2D eigenvalue weighted by atomic mass is 35.5. The number of β-amino-alcohol motifs (C(OH)–C–C–N with tert-alkyl or cyclic N) is 1. The third-order valence-electron chi connectivity index (χ3n) is 10.7. The van der Waals surface area contributed by atoms with Crippen LogP contribution in [0.3, 0.4) is 0 Å². The van der Waals surface area contributed by atoms with Gasteiger partial charge in [-0.05, 0) is 112 Å². The molecule has 4 aliphatic rings. The second kappa shape index (κ2) is 12.5. The molecule has 5 atom stereocenters. The van der Waals surface area contributed by atoms with Crippen LogP contribution < -0.4 is 16.1 Å². The Labute approximate surface area is 285 Å². The molecule has 1 aromatic heterocycles. The number of para-hydroxylation sites is 1. The van der Waals surface area contributed by atoms with E-state index in [4.69, 9.17) is 16.3 Å². The highest BCUT2D eigenvalue weighted by molar-refractivity contribution is 6.31. The summed E-state index contributed by atoms with van der Waals surface area (Å²) in [5.74, 6) is 0.774. The number of hydrogen-bond donors (Lipinski definition) is 3. The first-order valence-electron chi connectivity index (χ1n) is 16.8. The van der Waals surface area contributed by atoms with E-state index in [2.05, 4.69) is 10.6 Å². The minimum Gasteiger partial charge on any atom is -0.464 e. The van der Waals surface area contributed by atoms with Gasteiger partial charge in [0, 0.05) is 51.8 Å². The monoisotopic (exact) mass is 667 g/mol. The van der Waals surface area contributed by atoms with E-state index < -0.39 is 11.6 Å². The van der Waals surface area contributed by atoms with Gasteiger partial charge in [0.15, 0.2) is 5.43 Å². The summed E-state index contributed by atoms with van der Waals surface area (Å²) in [5.41, 5.74) is 2.03. The maximum atomic E-state index is 14.0. The molecular formula is C39H42ClN3O5. The van der Waals surface area contributed by atoms with Crippen LogP contribution >= 0.6 is 11.6 Å². The largest absolute Gasteiger partial charge is 0.464 e. The molecule has 0 radical (unpaired) electrons. The fraction of sp³-hybridized carbons (Fsp3) is 0.410. The van der Waals surface area contributed by atoms with Crippen molar-refractivity contribution in [3.05, 3.63) is 110 Å². The predicted octanol–water partition coefficient (Wildman–Crippen LogP) is 6.06. The molecule has 0 spiro atoms. The lowest BCUT2D eigenvalue weighted by Crippen LogP contribution is -2.66. The van der Waals surface area contributed by atoms with Crippen LogP contribution in [0, 0.1) is 17.8 Å². The highest BCUT2D eigenvalue weighted by Crippen LogP contribution is 2.55. The van der Waals surface area contributed by atoms with Crippen molar-refractivity contribution in [2.75, 3.05) is 13.7 Å². The number of carbonyl (C=O) groups is 2. The molecule has 4 bridgehead atoms. The van der Waals surface area contributed by atoms with E-state index in [9.17, 15) is 19.5 Å². The summed E-state index contributed by atoms with van der Waals surface area (Å²) in [4.78, 5) is 40.9. The maximum absolute atomic E-state index is 14.0. The first-order chi connectivity index (χ1) is 22.9. The molecule has 3 aromatic carbocycles. The van der Waals surface area contributed by atoms with Crippen LogP contribution in [-0.4, -0.2) is 52.4 Å². The summed E-state index contributed by atoms with van der Waals surface area (Å²) in [6.07, 6.45) is 5.62. The Kier molecular flexibility index (Phi) is 8.47. The number of aliphatic hydroxyl groups is 1. The number of aromatic nitrogens is 1. The average Bonchev–Trinajstić information content (AvgIpc) is 3.06. The SMILES string of the molecule is COC(=O)c1c(Cc2ccc(C(=O)N[C@H]3[C@@H]4C[C@H]5C[C@H]3C[C@](NCC(C)(C)O)(C5)C4)cc2)c(=O)c2ccc(Cl)cc2n1-c1ccccc1. The van der Waals surface area contributed by atoms with Crippen LogP contribution in [0.25, 0.3) is 16.6 Å². The average molecular weight is 668 g/mol. The van der Waals surface area contributed by atoms with Crippen molar-refractivity contribution in [1.29, 1.82) is 0 Å². The van der Waals surface area contributed by atoms with E-state index in [1.165, 1.54) is 7.11 Å². The summed E-state index contributed by atoms with van der Waals surface area (Å²) in [5, 5.41) is 18.3. The van der Waals surface area contributed by atoms with Crippen molar-refractivity contribution in [1.82, 2.24) is 15.2 Å². The molecule has 9 heteroatoms. The topological polar surface area (TPSA) is 110 Å². The second-order valence-electron chi connectivity index (χ2n) is 14.8. The molecule has 250 valence electrons. The molecule has 8 rings (SSSR count). The number of pyridine rings is 1. The summed E-state index contributed by atoms with van der Waals surface area (Å²) < 4.78 is 6.95. The first-order valence-corrected chi connectivity index (χ1v) is 17.2. The minimum atomic E-state index is -0.759. The zero-order valence-electron chi connectivity index (χ0n) is 27.6. The normalized spacial score (nSPS) is 24.5. The van der Waals surface area contributed by atoms with E-state index >= 15 is 0 Å². The van der Waals surface area contributed by atoms with Crippen LogP contribution in [0.4, 0.5) is 0 Å². The van der Waals surface area contributed by atoms with Gasteiger partial charge in [-0.15, -0.1) is 0 Å². The van der Waals surface area contributed by atoms with Gasteiger partial charge in [0.05, 0.1) is 18.2 Å². The zero-order valence-corrected chi connectivity index (χ0v) is 28.3. The van der Waals surface area contributed by atoms with E-state index in [-0.39, 0.29) is 35.0 Å². The van der Waals surface area contributed by atoms with Gasteiger partial charge in [-0.25, -0.2) is 4.79 Å². The van der Waals surface area contributed by atoms with E-state index in [0.717, 1.165) is 37.7 Å². The number of esters is 1. The highest BCUT2D eigenvalue weighted by Gasteiger charge is 2.55. The zero-order chi connectivity index (χ0) is 33.8. The molecule has 4 saturated carbocycles. The molecule has 4 aromatic rings. The lowest BCUT2D eigenvalue weighted by atomic mass is 9.51. The van der Waals surface area contributed by atoms with Crippen LogP contribution in [0.2, 0.25) is 5.02 Å². The van der Waals surface area contributed by atoms with Crippen molar-refractivity contribution in [3.63, 3.8) is 0 Å². The van der Waals surface area contributed by atoms with Crippen molar-refractivity contribution < 1.29 is 19.4 Å². The number of methoxy groups -OCH3 is 1. The number of nitrogens with one attached hydrogen (secondary N) is 2. The van der Waals surface area contributed by atoms with Crippen LogP contribution in [-0.2, 0) is 11.2 Å². The van der Waals surface area contributed by atoms with Crippen molar-refractivity contribution in [3.8, 4) is 5.69 Å². The number of fused-ring (bicyclic) bond motifs is 1. The molecule has 1 heterocycles. The standard InChI is InChI=1S/C39H42ClN3O5/c1-38(2,47)22-41-39-19-24-15-26(20-39)33(27(16-24)21-39)42-36(45)25-11-9-23(10-12-25)17-31-34(37(46)48-3)43(29-7-5-4-6-8-29)32-18-28(40)13-14-30(32)35(31)44/h4-14,18,24,26-27,33,41,47H,15-17,19-22H2,1-3H3,(H,42,45)/t24-,26+,27-,33-,39-. The quantitative estimate of drug-likeness (QED) is 0.187. The number of carbonyl (C=O) groups excluding carboxylic acids is 2. The Hall–Kier alpha value is -3.98. The number of ether oxygens (including phenoxy) is 1. The molecule has 48 heavy (non-hydrogen) atoms. The van der Waals surface area contributed by atoms with Crippen LogP contribution in [0.15, 0.2) is 77.6 Å². The summed E-state index contributed by atoms with van der Waals surface area (Å²) >= 11 is 6.36. The first kappa shape index (κ1) is 32.6. The molecular weight excluding hydrogens is 626 g/mol. The fourth-order valence-corrected chi connectivity index (χ4v) is 8.99. The van der Waals surface area contributed by atoms with E-state index in [1.807, 2.05) is 56.3 Å². The van der Waals surface area contributed by atoms with Gasteiger partial charge < -0.3 is 25.0 Å². The van der Waals surface area contributed by atoms with Gasteiger partial charge in [-0.3, -0.25) is 9.59 Å². The molecule has 4 aliphatic carbocycles. The number of amides is 1.